The number of anilines is 1. The predicted molar refractivity (Wildman–Crippen MR) is 120 cm³/mol. The number of aromatic nitrogens is 3. The predicted octanol–water partition coefficient (Wildman–Crippen LogP) is 0.458. The van der Waals surface area contributed by atoms with E-state index in [1.54, 1.807) is 11.6 Å². The number of β-lactam (4-membered cyclic amide) rings is 1. The van der Waals surface area contributed by atoms with Gasteiger partial charge in [0, 0.05) is 16.9 Å². The second kappa shape index (κ2) is 9.43. The van der Waals surface area contributed by atoms with Crippen molar-refractivity contribution in [2.24, 2.45) is 5.16 Å². The van der Waals surface area contributed by atoms with Gasteiger partial charge in [0.05, 0.1) is 6.20 Å². The van der Waals surface area contributed by atoms with Crippen LogP contribution in [-0.4, -0.2) is 78.1 Å². The lowest BCUT2D eigenvalue weighted by Crippen LogP contribution is -2.71. The third-order valence-electron chi connectivity index (χ3n) is 4.43. The Morgan fingerprint density at radius 1 is 1.50 bits per heavy atom. The van der Waals surface area contributed by atoms with Gasteiger partial charge in [-0.3, -0.25) is 14.5 Å². The van der Waals surface area contributed by atoms with Crippen LogP contribution in [0.1, 0.15) is 5.69 Å². The summed E-state index contributed by atoms with van der Waals surface area (Å²) in [6.45, 7) is 0. The second-order valence-corrected chi connectivity index (χ2v) is 10.4. The standard InChI is InChI=1S/C16H15N7O5S4/c1-28-21-9(7-5-31-16(17)19-7)12(24)20-10-13(25)23-11(15(26)27)6(4-30-14(10)23)3-29-8-2-18-22-32-8/h2,5,10,14H,3-4H2,1H3,(H2,17,19)(H,20,24)(H,26,27)/b21-9+/t10?,14-/m1/s1. The lowest BCUT2D eigenvalue weighted by molar-refractivity contribution is -0.150. The Morgan fingerprint density at radius 2 is 2.31 bits per heavy atom. The molecule has 2 aromatic heterocycles. The highest BCUT2D eigenvalue weighted by Crippen LogP contribution is 2.41. The van der Waals surface area contributed by atoms with Gasteiger partial charge >= 0.3 is 5.97 Å². The molecule has 12 nitrogen and oxygen atoms in total. The van der Waals surface area contributed by atoms with Crippen molar-refractivity contribution in [1.29, 1.82) is 0 Å². The zero-order valence-electron chi connectivity index (χ0n) is 16.3. The van der Waals surface area contributed by atoms with Gasteiger partial charge in [0.1, 0.15) is 34.1 Å². The maximum absolute atomic E-state index is 12.8. The van der Waals surface area contributed by atoms with Crippen molar-refractivity contribution in [3.05, 3.63) is 28.5 Å². The minimum Gasteiger partial charge on any atom is -0.477 e. The second-order valence-electron chi connectivity index (χ2n) is 6.34. The Morgan fingerprint density at radius 3 is 2.94 bits per heavy atom. The van der Waals surface area contributed by atoms with E-state index in [-0.39, 0.29) is 22.2 Å². The largest absolute Gasteiger partial charge is 0.477 e. The van der Waals surface area contributed by atoms with E-state index in [0.717, 1.165) is 15.5 Å². The van der Waals surface area contributed by atoms with Gasteiger partial charge in [0.15, 0.2) is 10.8 Å². The van der Waals surface area contributed by atoms with Crippen molar-refractivity contribution in [2.75, 3.05) is 24.3 Å². The number of nitrogen functional groups attached to an aromatic ring is 1. The van der Waals surface area contributed by atoms with Crippen LogP contribution in [0.2, 0.25) is 0 Å². The van der Waals surface area contributed by atoms with Crippen molar-refractivity contribution in [3.63, 3.8) is 0 Å². The molecular formula is C16H15N7O5S4. The number of fused-ring (bicyclic) bond motifs is 1. The Bertz CT molecular complexity index is 1120. The lowest BCUT2D eigenvalue weighted by Gasteiger charge is -2.49. The van der Waals surface area contributed by atoms with Gasteiger partial charge in [-0.05, 0) is 17.1 Å². The van der Waals surface area contributed by atoms with E-state index < -0.39 is 29.2 Å². The zero-order valence-corrected chi connectivity index (χ0v) is 19.5. The number of nitrogens with two attached hydrogens (primary N) is 1. The summed E-state index contributed by atoms with van der Waals surface area (Å²) < 4.78 is 4.63. The molecule has 32 heavy (non-hydrogen) atoms. The highest BCUT2D eigenvalue weighted by molar-refractivity contribution is 8.01. The topological polar surface area (TPSA) is 173 Å². The quantitative estimate of drug-likeness (QED) is 0.194. The highest BCUT2D eigenvalue weighted by atomic mass is 32.2. The number of oxime groups is 1. The minimum absolute atomic E-state index is 0.0488. The van der Waals surface area contributed by atoms with Crippen molar-refractivity contribution in [1.82, 2.24) is 24.8 Å². The third-order valence-corrected chi connectivity index (χ3v) is 8.36. The van der Waals surface area contributed by atoms with Crippen LogP contribution in [0.4, 0.5) is 5.13 Å². The number of amides is 2. The Labute approximate surface area is 197 Å². The fourth-order valence-electron chi connectivity index (χ4n) is 3.08. The van der Waals surface area contributed by atoms with Gasteiger partial charge < -0.3 is 21.0 Å². The van der Waals surface area contributed by atoms with Crippen LogP contribution in [0.25, 0.3) is 0 Å². The summed E-state index contributed by atoms with van der Waals surface area (Å²) in [5.41, 5.74) is 6.28. The first-order valence-corrected chi connectivity index (χ1v) is 12.5. The van der Waals surface area contributed by atoms with Crippen molar-refractivity contribution in [2.45, 2.75) is 15.6 Å². The number of thioether (sulfide) groups is 2. The first kappa shape index (κ1) is 22.5. The summed E-state index contributed by atoms with van der Waals surface area (Å²) in [5.74, 6) is -1.57. The molecule has 2 atom stereocenters. The van der Waals surface area contributed by atoms with Crippen molar-refractivity contribution < 1.29 is 24.3 Å². The molecule has 2 aliphatic heterocycles. The maximum atomic E-state index is 12.8. The normalized spacial score (nSPS) is 20.6. The van der Waals surface area contributed by atoms with Gasteiger partial charge in [0.25, 0.3) is 11.8 Å². The van der Waals surface area contributed by atoms with Crippen LogP contribution in [0.15, 0.2) is 32.2 Å². The van der Waals surface area contributed by atoms with Gasteiger partial charge in [-0.25, -0.2) is 9.78 Å². The van der Waals surface area contributed by atoms with Crippen LogP contribution >= 0.6 is 46.4 Å². The molecule has 0 saturated carbocycles. The number of carboxylic acids is 1. The van der Waals surface area contributed by atoms with Crippen molar-refractivity contribution >= 4 is 75.0 Å². The fraction of sp³-hybridized carbons (Fsp3) is 0.312. The fourth-order valence-corrected chi connectivity index (χ4v) is 6.53. The smallest absolute Gasteiger partial charge is 0.352 e. The lowest BCUT2D eigenvalue weighted by atomic mass is 10.0. The molecule has 2 aromatic rings. The first-order chi connectivity index (χ1) is 15.4. The molecule has 4 rings (SSSR count). The van der Waals surface area contributed by atoms with Crippen LogP contribution in [0.3, 0.4) is 0 Å². The number of thiazole rings is 1. The molecule has 0 aliphatic carbocycles. The number of nitrogens with zero attached hydrogens (tertiary/aromatic N) is 5. The number of carbonyl (C=O) groups excluding carboxylic acids is 2. The summed E-state index contributed by atoms with van der Waals surface area (Å²) >= 11 is 5.14. The molecule has 1 fully saturated rings. The number of hydrogen-bond donors (Lipinski definition) is 3. The van der Waals surface area contributed by atoms with Gasteiger partial charge in [0.2, 0.25) is 0 Å². The molecule has 0 bridgehead atoms. The molecule has 2 aliphatic rings. The molecule has 0 radical (unpaired) electrons. The van der Waals surface area contributed by atoms with Crippen LogP contribution < -0.4 is 11.1 Å². The SMILES string of the molecule is CO/N=C(/C(=O)NC1C(=O)N2C(C(=O)O)=C(CSc3cnns3)CS[C@H]12)c1csc(N)n1. The molecule has 1 saturated heterocycles. The maximum Gasteiger partial charge on any atom is 0.352 e. The van der Waals surface area contributed by atoms with Gasteiger partial charge in [-0.1, -0.05) is 9.64 Å². The van der Waals surface area contributed by atoms with E-state index in [9.17, 15) is 19.5 Å². The number of carboxylic acid groups (broad SMARTS) is 1. The molecule has 2 amide bonds. The molecule has 0 spiro atoms. The molecule has 1 unspecified atom stereocenters. The monoisotopic (exact) mass is 513 g/mol. The van der Waals surface area contributed by atoms with E-state index in [1.807, 2.05) is 0 Å². The molecule has 4 N–H and O–H groups in total. The van der Waals surface area contributed by atoms with Gasteiger partial charge in [-0.15, -0.1) is 40.0 Å². The first-order valence-electron chi connectivity index (χ1n) is 8.84. The summed E-state index contributed by atoms with van der Waals surface area (Å²) in [6, 6.07) is -0.903. The molecule has 4 heterocycles. The van der Waals surface area contributed by atoms with E-state index in [2.05, 4.69) is 25.0 Å². The van der Waals surface area contributed by atoms with Crippen LogP contribution in [0, 0.1) is 0 Å². The summed E-state index contributed by atoms with van der Waals surface area (Å²) in [5, 5.41) is 21.1. The molecular weight excluding hydrogens is 498 g/mol. The number of nitrogens with one attached hydrogen (secondary N) is 1. The van der Waals surface area contributed by atoms with E-state index in [0.29, 0.717) is 17.1 Å². The van der Waals surface area contributed by atoms with E-state index in [4.69, 9.17) is 10.6 Å². The Kier molecular flexibility index (Phi) is 6.63. The van der Waals surface area contributed by atoms with E-state index >= 15 is 0 Å². The van der Waals surface area contributed by atoms with Gasteiger partial charge in [-0.2, -0.15) is 0 Å². The molecule has 16 heteroatoms. The number of rotatable bonds is 8. The summed E-state index contributed by atoms with van der Waals surface area (Å²) in [7, 11) is 1.28. The third kappa shape index (κ3) is 4.30. The van der Waals surface area contributed by atoms with Crippen LogP contribution in [-0.2, 0) is 19.2 Å². The van der Waals surface area contributed by atoms with Crippen molar-refractivity contribution in [3.8, 4) is 0 Å². The Balaban J connectivity index is 1.49. The average Bonchev–Trinajstić information content (AvgIpc) is 3.45. The summed E-state index contributed by atoms with van der Waals surface area (Å²) in [4.78, 5) is 47.5. The average molecular weight is 514 g/mol. The van der Waals surface area contributed by atoms with Crippen LogP contribution in [0.5, 0.6) is 0 Å². The summed E-state index contributed by atoms with van der Waals surface area (Å²) in [6.07, 6.45) is 1.60. The zero-order chi connectivity index (χ0) is 22.8. The number of carbonyl (C=O) groups is 3. The number of hydrogen-bond acceptors (Lipinski definition) is 13. The van der Waals surface area contributed by atoms with E-state index in [1.165, 1.54) is 47.1 Å². The minimum atomic E-state index is -1.19. The Hall–Kier alpha value is -2.69. The number of aliphatic carboxylic acids is 1. The highest BCUT2D eigenvalue weighted by Gasteiger charge is 2.54. The molecule has 0 aromatic carbocycles. The molecule has 168 valence electrons.